The number of carbonyl (C=O) groups is 1. The van der Waals surface area contributed by atoms with Crippen LogP contribution in [0.4, 0.5) is 0 Å². The molecule has 0 spiro atoms. The first-order valence-corrected chi connectivity index (χ1v) is 8.69. The van der Waals surface area contributed by atoms with Crippen LogP contribution in [0.15, 0.2) is 43.0 Å². The third-order valence-corrected chi connectivity index (χ3v) is 4.43. The van der Waals surface area contributed by atoms with E-state index in [0.717, 1.165) is 37.1 Å². The number of hydrogen-bond donors (Lipinski definition) is 1. The Morgan fingerprint density at radius 1 is 1.00 bits per heavy atom. The van der Waals surface area contributed by atoms with Crippen LogP contribution in [0.3, 0.4) is 0 Å². The van der Waals surface area contributed by atoms with Crippen molar-refractivity contribution in [3.05, 3.63) is 48.5 Å². The average molecular weight is 324 g/mol. The molecule has 5 heteroatoms. The molecule has 1 amide bonds. The second kappa shape index (κ2) is 8.55. The number of aromatic nitrogens is 2. The molecule has 1 aromatic heterocycles. The fourth-order valence-corrected chi connectivity index (χ4v) is 3.03. The monoisotopic (exact) mass is 324 g/mol. The van der Waals surface area contributed by atoms with E-state index < -0.39 is 0 Å². The number of hydrogen-bond acceptors (Lipinski definition) is 4. The van der Waals surface area contributed by atoms with E-state index in [4.69, 9.17) is 0 Å². The second-order valence-electron chi connectivity index (χ2n) is 6.22. The highest BCUT2D eigenvalue weighted by atomic mass is 16.1. The Balaban J connectivity index is 1.41. The number of carbonyl (C=O) groups excluding carboxylic acids is 1. The van der Waals surface area contributed by atoms with Crippen LogP contribution in [-0.2, 0) is 0 Å². The molecule has 1 fully saturated rings. The van der Waals surface area contributed by atoms with Crippen LogP contribution in [-0.4, -0.2) is 47.0 Å². The van der Waals surface area contributed by atoms with Crippen molar-refractivity contribution in [2.45, 2.75) is 25.7 Å². The Hall–Kier alpha value is -2.27. The standard InChI is InChI=1S/C19H24N4O/c24-19(22-9-1-2-10-23-11-3-4-12-23)17-7-5-16(6-8-17)18-13-20-15-21-14-18/h5-8,13-15H,1-4,9-12H2,(H,22,24). The SMILES string of the molecule is O=C(NCCCCN1CCCC1)c1ccc(-c2cncnc2)cc1. The van der Waals surface area contributed by atoms with Crippen LogP contribution in [0.1, 0.15) is 36.0 Å². The van der Waals surface area contributed by atoms with E-state index in [-0.39, 0.29) is 5.91 Å². The van der Waals surface area contributed by atoms with Gasteiger partial charge in [-0.15, -0.1) is 0 Å². The number of benzene rings is 1. The lowest BCUT2D eigenvalue weighted by Gasteiger charge is -2.14. The molecular weight excluding hydrogens is 300 g/mol. The van der Waals surface area contributed by atoms with Gasteiger partial charge >= 0.3 is 0 Å². The zero-order valence-corrected chi connectivity index (χ0v) is 13.9. The first kappa shape index (κ1) is 16.6. The molecule has 24 heavy (non-hydrogen) atoms. The van der Waals surface area contributed by atoms with Crippen molar-refractivity contribution < 1.29 is 4.79 Å². The molecule has 0 radical (unpaired) electrons. The van der Waals surface area contributed by atoms with Gasteiger partial charge in [-0.25, -0.2) is 9.97 Å². The normalized spacial score (nSPS) is 14.7. The maximum Gasteiger partial charge on any atom is 0.251 e. The molecule has 0 saturated carbocycles. The van der Waals surface area contributed by atoms with Gasteiger partial charge in [0, 0.05) is 30.1 Å². The minimum absolute atomic E-state index is 0.00738. The van der Waals surface area contributed by atoms with Gasteiger partial charge in [-0.2, -0.15) is 0 Å². The molecule has 126 valence electrons. The van der Waals surface area contributed by atoms with Crippen LogP contribution < -0.4 is 5.32 Å². The summed E-state index contributed by atoms with van der Waals surface area (Å²) in [6, 6.07) is 7.56. The molecule has 3 rings (SSSR count). The molecule has 1 saturated heterocycles. The zero-order chi connectivity index (χ0) is 16.6. The van der Waals surface area contributed by atoms with Gasteiger partial charge in [0.05, 0.1) is 0 Å². The van der Waals surface area contributed by atoms with Crippen molar-refractivity contribution in [1.29, 1.82) is 0 Å². The van der Waals surface area contributed by atoms with E-state index in [9.17, 15) is 4.79 Å². The molecular formula is C19H24N4O. The van der Waals surface area contributed by atoms with Crippen LogP contribution in [0.25, 0.3) is 11.1 Å². The smallest absolute Gasteiger partial charge is 0.251 e. The van der Waals surface area contributed by atoms with E-state index in [2.05, 4.69) is 20.2 Å². The van der Waals surface area contributed by atoms with Gasteiger partial charge in [-0.1, -0.05) is 12.1 Å². The van der Waals surface area contributed by atoms with Crippen molar-refractivity contribution in [1.82, 2.24) is 20.2 Å². The number of nitrogens with one attached hydrogen (secondary N) is 1. The first-order valence-electron chi connectivity index (χ1n) is 8.69. The van der Waals surface area contributed by atoms with Crippen molar-refractivity contribution in [2.24, 2.45) is 0 Å². The third-order valence-electron chi connectivity index (χ3n) is 4.43. The molecule has 0 unspecified atom stereocenters. The van der Waals surface area contributed by atoms with Gasteiger partial charge < -0.3 is 10.2 Å². The first-order chi connectivity index (χ1) is 11.8. The number of likely N-dealkylation sites (tertiary alicyclic amines) is 1. The molecule has 0 atom stereocenters. The number of nitrogens with zero attached hydrogens (tertiary/aromatic N) is 3. The molecule has 1 aromatic carbocycles. The third kappa shape index (κ3) is 4.61. The van der Waals surface area contributed by atoms with Crippen molar-refractivity contribution in [2.75, 3.05) is 26.2 Å². The van der Waals surface area contributed by atoms with Gasteiger partial charge in [-0.05, 0) is 63.0 Å². The van der Waals surface area contributed by atoms with Gasteiger partial charge in [0.25, 0.3) is 5.91 Å². The van der Waals surface area contributed by atoms with Gasteiger partial charge in [-0.3, -0.25) is 4.79 Å². The van der Waals surface area contributed by atoms with Gasteiger partial charge in [0.2, 0.25) is 0 Å². The molecule has 2 heterocycles. The second-order valence-corrected chi connectivity index (χ2v) is 6.22. The molecule has 1 aliphatic rings. The number of rotatable bonds is 7. The van der Waals surface area contributed by atoms with E-state index in [1.807, 2.05) is 24.3 Å². The van der Waals surface area contributed by atoms with Crippen molar-refractivity contribution >= 4 is 5.91 Å². The lowest BCUT2D eigenvalue weighted by molar-refractivity contribution is 0.0952. The summed E-state index contributed by atoms with van der Waals surface area (Å²) < 4.78 is 0. The number of unbranched alkanes of at least 4 members (excludes halogenated alkanes) is 1. The lowest BCUT2D eigenvalue weighted by Crippen LogP contribution is -2.26. The molecule has 0 bridgehead atoms. The summed E-state index contributed by atoms with van der Waals surface area (Å²) in [6.45, 7) is 4.38. The minimum atomic E-state index is -0.00738. The molecule has 2 aromatic rings. The topological polar surface area (TPSA) is 58.1 Å². The summed E-state index contributed by atoms with van der Waals surface area (Å²) in [7, 11) is 0. The van der Waals surface area contributed by atoms with Crippen molar-refractivity contribution in [3.63, 3.8) is 0 Å². The van der Waals surface area contributed by atoms with E-state index in [1.54, 1.807) is 12.4 Å². The van der Waals surface area contributed by atoms with Gasteiger partial charge in [0.1, 0.15) is 6.33 Å². The lowest BCUT2D eigenvalue weighted by atomic mass is 10.1. The summed E-state index contributed by atoms with van der Waals surface area (Å²) in [6.07, 6.45) is 9.89. The molecule has 0 aliphatic carbocycles. The Morgan fingerprint density at radius 2 is 1.71 bits per heavy atom. The number of amides is 1. The van der Waals surface area contributed by atoms with Crippen LogP contribution in [0, 0.1) is 0 Å². The Labute approximate surface area is 143 Å². The highest BCUT2D eigenvalue weighted by molar-refractivity contribution is 5.94. The Kier molecular flexibility index (Phi) is 5.90. The van der Waals surface area contributed by atoms with E-state index in [0.29, 0.717) is 5.56 Å². The highest BCUT2D eigenvalue weighted by Gasteiger charge is 2.10. The fraction of sp³-hybridized carbons (Fsp3) is 0.421. The fourth-order valence-electron chi connectivity index (χ4n) is 3.03. The van der Waals surface area contributed by atoms with E-state index in [1.165, 1.54) is 32.3 Å². The van der Waals surface area contributed by atoms with Crippen LogP contribution in [0.2, 0.25) is 0 Å². The van der Waals surface area contributed by atoms with Crippen molar-refractivity contribution in [3.8, 4) is 11.1 Å². The average Bonchev–Trinajstić information content (AvgIpc) is 3.16. The van der Waals surface area contributed by atoms with Crippen LogP contribution >= 0.6 is 0 Å². The highest BCUT2D eigenvalue weighted by Crippen LogP contribution is 2.17. The largest absolute Gasteiger partial charge is 0.352 e. The maximum atomic E-state index is 12.2. The summed E-state index contributed by atoms with van der Waals surface area (Å²) in [5.74, 6) is -0.00738. The summed E-state index contributed by atoms with van der Waals surface area (Å²) in [4.78, 5) is 22.7. The predicted octanol–water partition coefficient (Wildman–Crippen LogP) is 2.75. The predicted molar refractivity (Wildman–Crippen MR) is 94.7 cm³/mol. The molecule has 5 nitrogen and oxygen atoms in total. The zero-order valence-electron chi connectivity index (χ0n) is 13.9. The molecule has 1 aliphatic heterocycles. The quantitative estimate of drug-likeness (QED) is 0.796. The maximum absolute atomic E-state index is 12.2. The summed E-state index contributed by atoms with van der Waals surface area (Å²) in [5.41, 5.74) is 2.65. The minimum Gasteiger partial charge on any atom is -0.352 e. The Bertz CT molecular complexity index is 636. The van der Waals surface area contributed by atoms with E-state index >= 15 is 0 Å². The summed E-state index contributed by atoms with van der Waals surface area (Å²) >= 11 is 0. The Morgan fingerprint density at radius 3 is 2.42 bits per heavy atom. The molecule has 1 N–H and O–H groups in total. The van der Waals surface area contributed by atoms with Gasteiger partial charge in [0.15, 0.2) is 0 Å². The van der Waals surface area contributed by atoms with Crippen LogP contribution in [0.5, 0.6) is 0 Å². The summed E-state index contributed by atoms with van der Waals surface area (Å²) in [5, 5.41) is 3.00.